The van der Waals surface area contributed by atoms with E-state index in [1.54, 1.807) is 0 Å². The van der Waals surface area contributed by atoms with Crippen LogP contribution >= 0.6 is 0 Å². The van der Waals surface area contributed by atoms with Crippen LogP contribution in [-0.4, -0.2) is 44.6 Å². The molecule has 2 unspecified atom stereocenters. The van der Waals surface area contributed by atoms with E-state index in [1.165, 1.54) is 5.56 Å². The summed E-state index contributed by atoms with van der Waals surface area (Å²) in [6.45, 7) is 0. The summed E-state index contributed by atoms with van der Waals surface area (Å²) in [5.41, 5.74) is 2.40. The number of carboxylic acids is 2. The van der Waals surface area contributed by atoms with Gasteiger partial charge < -0.3 is 25.7 Å². The Morgan fingerprint density at radius 1 is 0.952 bits per heavy atom. The fraction of sp³-hybridized carbons (Fsp3) is 0.143. The first-order valence-corrected chi connectivity index (χ1v) is 5.94. The van der Waals surface area contributed by atoms with E-state index in [9.17, 15) is 9.59 Å². The summed E-state index contributed by atoms with van der Waals surface area (Å²) < 4.78 is 0. The summed E-state index contributed by atoms with van der Waals surface area (Å²) in [5, 5.41) is 35.7. The molecular formula is C14H15NO6. The number of aliphatic carboxylic acids is 2. The van der Waals surface area contributed by atoms with Gasteiger partial charge >= 0.3 is 11.9 Å². The third-order valence-corrected chi connectivity index (χ3v) is 2.49. The number of carbonyl (C=O) groups is 2. The van der Waals surface area contributed by atoms with Crippen LogP contribution in [0.5, 0.6) is 0 Å². The molecule has 21 heavy (non-hydrogen) atoms. The van der Waals surface area contributed by atoms with Gasteiger partial charge in [-0.2, -0.15) is 0 Å². The van der Waals surface area contributed by atoms with Crippen molar-refractivity contribution < 1.29 is 30.0 Å². The van der Waals surface area contributed by atoms with Gasteiger partial charge in [-0.25, -0.2) is 9.59 Å². The summed E-state index contributed by atoms with van der Waals surface area (Å²) in [4.78, 5) is 19.5. The van der Waals surface area contributed by atoms with E-state index in [0.29, 0.717) is 0 Å². The maximum Gasteiger partial charge on any atom is 0.335 e. The minimum Gasteiger partial charge on any atom is -0.479 e. The lowest BCUT2D eigenvalue weighted by Gasteiger charge is -2.07. The summed E-state index contributed by atoms with van der Waals surface area (Å²) in [7, 11) is 0. The maximum absolute atomic E-state index is 9.77. The van der Waals surface area contributed by atoms with Gasteiger partial charge in [0, 0.05) is 11.9 Å². The number of hydrogen-bond donors (Lipinski definition) is 5. The first-order valence-electron chi connectivity index (χ1n) is 5.94. The lowest BCUT2D eigenvalue weighted by molar-refractivity contribution is -0.165. The molecule has 7 nitrogen and oxygen atoms in total. The fourth-order valence-corrected chi connectivity index (χ4v) is 1.40. The highest BCUT2D eigenvalue weighted by molar-refractivity contribution is 5.83. The number of fused-ring (bicyclic) bond motifs is 1. The highest BCUT2D eigenvalue weighted by Gasteiger charge is 2.29. The van der Waals surface area contributed by atoms with Crippen LogP contribution in [0.25, 0.3) is 6.08 Å². The molecule has 5 N–H and O–H groups in total. The number of rotatable bonds is 3. The van der Waals surface area contributed by atoms with Crippen molar-refractivity contribution in [3.63, 3.8) is 0 Å². The van der Waals surface area contributed by atoms with Crippen LogP contribution in [0.1, 0.15) is 5.56 Å². The Kier molecular flexibility index (Phi) is 6.12. The molecule has 1 heterocycles. The van der Waals surface area contributed by atoms with Crippen molar-refractivity contribution in [2.75, 3.05) is 5.32 Å². The zero-order valence-electron chi connectivity index (χ0n) is 10.9. The molecule has 7 heteroatoms. The second kappa shape index (κ2) is 7.83. The maximum atomic E-state index is 9.77. The Balaban J connectivity index is 0.000000212. The third-order valence-electron chi connectivity index (χ3n) is 2.49. The second-order valence-corrected chi connectivity index (χ2v) is 4.02. The Morgan fingerprint density at radius 3 is 2.10 bits per heavy atom. The van der Waals surface area contributed by atoms with Crippen molar-refractivity contribution in [3.8, 4) is 0 Å². The van der Waals surface area contributed by atoms with E-state index >= 15 is 0 Å². The molecule has 0 saturated carbocycles. The monoisotopic (exact) mass is 293 g/mol. The van der Waals surface area contributed by atoms with Crippen molar-refractivity contribution in [1.29, 1.82) is 0 Å². The first kappa shape index (κ1) is 16.4. The normalized spacial score (nSPS) is 14.6. The first-order chi connectivity index (χ1) is 9.93. The van der Waals surface area contributed by atoms with Crippen LogP contribution in [0.2, 0.25) is 0 Å². The van der Waals surface area contributed by atoms with Gasteiger partial charge in [0.15, 0.2) is 12.2 Å². The van der Waals surface area contributed by atoms with Crippen LogP contribution in [0.4, 0.5) is 5.69 Å². The van der Waals surface area contributed by atoms with Gasteiger partial charge in [-0.1, -0.05) is 30.4 Å². The van der Waals surface area contributed by atoms with Crippen molar-refractivity contribution in [2.24, 2.45) is 0 Å². The number of benzene rings is 1. The van der Waals surface area contributed by atoms with E-state index in [0.717, 1.165) is 5.69 Å². The lowest BCUT2D eigenvalue weighted by atomic mass is 10.2. The van der Waals surface area contributed by atoms with Crippen LogP contribution in [0, 0.1) is 0 Å². The number of carboxylic acid groups (broad SMARTS) is 2. The average molecular weight is 293 g/mol. The summed E-state index contributed by atoms with van der Waals surface area (Å²) >= 11 is 0. The molecule has 112 valence electrons. The van der Waals surface area contributed by atoms with Crippen LogP contribution in [-0.2, 0) is 9.59 Å². The van der Waals surface area contributed by atoms with E-state index < -0.39 is 24.1 Å². The molecule has 2 rings (SSSR count). The number of aliphatic hydroxyl groups is 2. The highest BCUT2D eigenvalue weighted by atomic mass is 16.4. The van der Waals surface area contributed by atoms with E-state index in [4.69, 9.17) is 20.4 Å². The van der Waals surface area contributed by atoms with Gasteiger partial charge in [0.1, 0.15) is 0 Å². The van der Waals surface area contributed by atoms with Crippen molar-refractivity contribution in [3.05, 3.63) is 48.2 Å². The van der Waals surface area contributed by atoms with Gasteiger partial charge in [0.25, 0.3) is 0 Å². The molecule has 0 aliphatic carbocycles. The molecular weight excluding hydrogens is 278 g/mol. The quantitative estimate of drug-likeness (QED) is 0.549. The van der Waals surface area contributed by atoms with Crippen LogP contribution in [0.15, 0.2) is 42.6 Å². The lowest BCUT2D eigenvalue weighted by Crippen LogP contribution is -2.39. The Morgan fingerprint density at radius 2 is 1.52 bits per heavy atom. The largest absolute Gasteiger partial charge is 0.479 e. The summed E-state index contributed by atoms with van der Waals surface area (Å²) in [6, 6.07) is 8.22. The zero-order chi connectivity index (χ0) is 15.8. The molecule has 0 fully saturated rings. The second-order valence-electron chi connectivity index (χ2n) is 4.02. The topological polar surface area (TPSA) is 127 Å². The van der Waals surface area contributed by atoms with E-state index in [-0.39, 0.29) is 0 Å². The zero-order valence-corrected chi connectivity index (χ0v) is 10.9. The number of para-hydroxylation sites is 1. The van der Waals surface area contributed by atoms with Crippen LogP contribution < -0.4 is 5.32 Å². The Hall–Kier alpha value is -2.64. The van der Waals surface area contributed by atoms with Crippen LogP contribution in [0.3, 0.4) is 0 Å². The Bertz CT molecular complexity index is 548. The molecule has 1 aromatic rings. The molecule has 1 aliphatic heterocycles. The molecule has 0 bridgehead atoms. The van der Waals surface area contributed by atoms with Gasteiger partial charge in [-0.15, -0.1) is 0 Å². The number of aliphatic hydroxyl groups excluding tert-OH is 2. The molecule has 0 aromatic heterocycles. The highest BCUT2D eigenvalue weighted by Crippen LogP contribution is 2.18. The smallest absolute Gasteiger partial charge is 0.335 e. The summed E-state index contributed by atoms with van der Waals surface area (Å²) in [6.07, 6.45) is 3.50. The standard InChI is InChI=1S/C10H9N.C4H6O6/c1-2-7-10-9(5-1)6-3-4-8-11-10;5-1(3(7)8)2(6)4(9)10/h1-8,11H;1-2,5-6H,(H,7,8)(H,9,10). The third kappa shape index (κ3) is 5.09. The van der Waals surface area contributed by atoms with Gasteiger partial charge in [-0.3, -0.25) is 0 Å². The minimum absolute atomic E-state index is 1.16. The van der Waals surface area contributed by atoms with Crippen molar-refractivity contribution in [1.82, 2.24) is 0 Å². The Labute approximate surface area is 120 Å². The van der Waals surface area contributed by atoms with E-state index in [2.05, 4.69) is 23.5 Å². The molecule has 0 saturated heterocycles. The SMILES string of the molecule is C1=CNc2ccccc2C=C1.O=C(O)C(O)C(O)C(=O)O. The number of allylic oxidation sites excluding steroid dienone is 2. The molecule has 2 atom stereocenters. The minimum atomic E-state index is -2.27. The average Bonchev–Trinajstić information content (AvgIpc) is 2.71. The van der Waals surface area contributed by atoms with Gasteiger partial charge in [0.05, 0.1) is 0 Å². The van der Waals surface area contributed by atoms with Crippen molar-refractivity contribution >= 4 is 23.7 Å². The molecule has 1 aliphatic rings. The molecule has 1 aromatic carbocycles. The van der Waals surface area contributed by atoms with Gasteiger partial charge in [0.2, 0.25) is 0 Å². The predicted molar refractivity (Wildman–Crippen MR) is 75.5 cm³/mol. The fourth-order valence-electron chi connectivity index (χ4n) is 1.40. The van der Waals surface area contributed by atoms with E-state index in [1.807, 2.05) is 30.5 Å². The molecule has 0 radical (unpaired) electrons. The molecule has 0 amide bonds. The molecule has 0 spiro atoms. The number of anilines is 1. The van der Waals surface area contributed by atoms with Crippen molar-refractivity contribution in [2.45, 2.75) is 12.2 Å². The number of hydrogen-bond acceptors (Lipinski definition) is 5. The number of nitrogens with one attached hydrogen (secondary N) is 1. The van der Waals surface area contributed by atoms with Gasteiger partial charge in [-0.05, 0) is 17.7 Å². The predicted octanol–water partition coefficient (Wildman–Crippen LogP) is 0.516. The summed E-state index contributed by atoms with van der Waals surface area (Å²) in [5.74, 6) is -3.54.